The Morgan fingerprint density at radius 2 is 1.87 bits per heavy atom. The maximum absolute atomic E-state index is 6.25. The fourth-order valence-electron chi connectivity index (χ4n) is 3.49. The summed E-state index contributed by atoms with van der Waals surface area (Å²) in [5, 5.41) is 0. The van der Waals surface area contributed by atoms with Gasteiger partial charge in [-0.25, -0.2) is 9.97 Å². The molecule has 8 heteroatoms. The third kappa shape index (κ3) is 4.39. The van der Waals surface area contributed by atoms with Crippen LogP contribution in [0.3, 0.4) is 0 Å². The minimum Gasteiger partial charge on any atom is -0.493 e. The fourth-order valence-corrected chi connectivity index (χ4v) is 3.96. The number of hydrogen-bond acceptors (Lipinski definition) is 6. The number of rotatable bonds is 7. The Balaban J connectivity index is 1.58. The van der Waals surface area contributed by atoms with Crippen molar-refractivity contribution in [2.75, 3.05) is 20.0 Å². The molecule has 0 fully saturated rings. The first-order valence-corrected chi connectivity index (χ1v) is 10.8. The van der Waals surface area contributed by atoms with Gasteiger partial charge >= 0.3 is 0 Å². The largest absolute Gasteiger partial charge is 0.493 e. The number of aromatic nitrogens is 3. The predicted octanol–water partition coefficient (Wildman–Crippen LogP) is 4.82. The number of anilines is 1. The molecular formula is C23H23IN4O3. The lowest BCUT2D eigenvalue weighted by molar-refractivity contribution is 0.283. The molecule has 2 N–H and O–H groups in total. The van der Waals surface area contributed by atoms with Crippen molar-refractivity contribution in [2.24, 2.45) is 0 Å². The van der Waals surface area contributed by atoms with E-state index in [4.69, 9.17) is 19.9 Å². The molecule has 0 amide bonds. The van der Waals surface area contributed by atoms with Crippen molar-refractivity contribution in [3.05, 3.63) is 69.4 Å². The van der Waals surface area contributed by atoms with Gasteiger partial charge in [-0.05, 0) is 71.5 Å². The predicted molar refractivity (Wildman–Crippen MR) is 129 cm³/mol. The number of methoxy groups -OCH3 is 2. The highest BCUT2D eigenvalue weighted by atomic mass is 127. The van der Waals surface area contributed by atoms with Crippen LogP contribution in [-0.2, 0) is 6.61 Å². The average molecular weight is 530 g/mol. The Labute approximate surface area is 194 Å². The SMILES string of the molecule is COc1ccc(COc2ccc(C(C)n3c(N)nc4cc(I)ccc43)cc2OC)cn1. The van der Waals surface area contributed by atoms with E-state index in [0.29, 0.717) is 29.9 Å². The van der Waals surface area contributed by atoms with Crippen LogP contribution in [0.15, 0.2) is 54.7 Å². The molecule has 0 spiro atoms. The molecule has 4 aromatic rings. The molecule has 1 unspecified atom stereocenters. The van der Waals surface area contributed by atoms with Crippen LogP contribution >= 0.6 is 22.6 Å². The molecule has 0 bridgehead atoms. The molecule has 7 nitrogen and oxygen atoms in total. The molecule has 160 valence electrons. The van der Waals surface area contributed by atoms with E-state index in [0.717, 1.165) is 25.7 Å². The molecule has 0 radical (unpaired) electrons. The van der Waals surface area contributed by atoms with Gasteiger partial charge in [0.2, 0.25) is 11.8 Å². The minimum absolute atomic E-state index is 0.0289. The first kappa shape index (κ1) is 21.2. The van der Waals surface area contributed by atoms with Gasteiger partial charge < -0.3 is 24.5 Å². The third-order valence-electron chi connectivity index (χ3n) is 5.14. The summed E-state index contributed by atoms with van der Waals surface area (Å²) in [5.41, 5.74) is 10.1. The van der Waals surface area contributed by atoms with Crippen molar-refractivity contribution in [2.45, 2.75) is 19.6 Å². The van der Waals surface area contributed by atoms with Crippen molar-refractivity contribution in [1.82, 2.24) is 14.5 Å². The lowest BCUT2D eigenvalue weighted by atomic mass is 10.1. The summed E-state index contributed by atoms with van der Waals surface area (Å²) in [6.45, 7) is 2.47. The fraction of sp³-hybridized carbons (Fsp3) is 0.217. The van der Waals surface area contributed by atoms with Gasteiger partial charge in [0.15, 0.2) is 11.5 Å². The molecule has 4 rings (SSSR count). The average Bonchev–Trinajstić information content (AvgIpc) is 3.12. The standard InChI is InChI=1S/C23H23IN4O3/c1-14(28-19-7-6-17(24)11-18(19)27-23(28)25)16-5-8-20(21(10-16)29-2)31-13-15-4-9-22(30-3)26-12-15/h4-12,14H,13H2,1-3H3,(H2,25,27). The number of benzene rings is 2. The molecule has 2 heterocycles. The Morgan fingerprint density at radius 1 is 1.03 bits per heavy atom. The molecule has 2 aromatic heterocycles. The van der Waals surface area contributed by atoms with E-state index in [1.54, 1.807) is 20.4 Å². The molecule has 0 aliphatic heterocycles. The van der Waals surface area contributed by atoms with E-state index < -0.39 is 0 Å². The van der Waals surface area contributed by atoms with Crippen molar-refractivity contribution in [3.8, 4) is 17.4 Å². The van der Waals surface area contributed by atoms with Gasteiger partial charge in [-0.1, -0.05) is 6.07 Å². The van der Waals surface area contributed by atoms with Crippen LogP contribution in [0, 0.1) is 3.57 Å². The van der Waals surface area contributed by atoms with Gasteiger partial charge in [0.1, 0.15) is 6.61 Å². The number of ether oxygens (including phenoxy) is 3. The summed E-state index contributed by atoms with van der Waals surface area (Å²) in [6, 6.07) is 15.7. The van der Waals surface area contributed by atoms with Crippen LogP contribution in [0.1, 0.15) is 24.1 Å². The van der Waals surface area contributed by atoms with Crippen LogP contribution < -0.4 is 19.9 Å². The first-order chi connectivity index (χ1) is 15.0. The maximum Gasteiger partial charge on any atom is 0.212 e. The Morgan fingerprint density at radius 3 is 2.58 bits per heavy atom. The van der Waals surface area contributed by atoms with Gasteiger partial charge in [-0.2, -0.15) is 0 Å². The molecule has 2 aromatic carbocycles. The highest BCUT2D eigenvalue weighted by molar-refractivity contribution is 14.1. The number of pyridine rings is 1. The van der Waals surface area contributed by atoms with Crippen LogP contribution in [0.2, 0.25) is 0 Å². The van der Waals surface area contributed by atoms with Crippen molar-refractivity contribution in [1.29, 1.82) is 0 Å². The molecule has 0 aliphatic rings. The topological polar surface area (TPSA) is 84.4 Å². The van der Waals surface area contributed by atoms with Crippen LogP contribution in [-0.4, -0.2) is 28.8 Å². The highest BCUT2D eigenvalue weighted by Crippen LogP contribution is 2.34. The first-order valence-electron chi connectivity index (χ1n) is 9.72. The van der Waals surface area contributed by atoms with E-state index in [2.05, 4.69) is 51.6 Å². The van der Waals surface area contributed by atoms with E-state index in [1.165, 1.54) is 0 Å². The summed E-state index contributed by atoms with van der Waals surface area (Å²) in [5.74, 6) is 2.37. The highest BCUT2D eigenvalue weighted by Gasteiger charge is 2.18. The third-order valence-corrected chi connectivity index (χ3v) is 5.81. The lowest BCUT2D eigenvalue weighted by Crippen LogP contribution is -2.10. The zero-order chi connectivity index (χ0) is 22.0. The summed E-state index contributed by atoms with van der Waals surface area (Å²) >= 11 is 2.28. The summed E-state index contributed by atoms with van der Waals surface area (Å²) in [4.78, 5) is 8.72. The monoisotopic (exact) mass is 530 g/mol. The van der Waals surface area contributed by atoms with Crippen LogP contribution in [0.5, 0.6) is 17.4 Å². The van der Waals surface area contributed by atoms with Gasteiger partial charge in [-0.15, -0.1) is 0 Å². The number of fused-ring (bicyclic) bond motifs is 1. The van der Waals surface area contributed by atoms with Gasteiger partial charge in [-0.3, -0.25) is 0 Å². The lowest BCUT2D eigenvalue weighted by Gasteiger charge is -2.19. The molecule has 31 heavy (non-hydrogen) atoms. The smallest absolute Gasteiger partial charge is 0.212 e. The summed E-state index contributed by atoms with van der Waals surface area (Å²) < 4.78 is 19.8. The van der Waals surface area contributed by atoms with Crippen molar-refractivity contribution >= 4 is 39.6 Å². The summed E-state index contributed by atoms with van der Waals surface area (Å²) in [7, 11) is 3.22. The second kappa shape index (κ2) is 9.01. The molecule has 0 saturated carbocycles. The second-order valence-corrected chi connectivity index (χ2v) is 8.30. The number of nitrogens with zero attached hydrogens (tertiary/aromatic N) is 3. The number of hydrogen-bond donors (Lipinski definition) is 1. The Kier molecular flexibility index (Phi) is 6.17. The zero-order valence-electron chi connectivity index (χ0n) is 17.5. The molecule has 0 saturated heterocycles. The van der Waals surface area contributed by atoms with E-state index in [-0.39, 0.29) is 6.04 Å². The normalized spacial score (nSPS) is 12.0. The number of nitrogens with two attached hydrogens (primary N) is 1. The van der Waals surface area contributed by atoms with Crippen LogP contribution in [0.25, 0.3) is 11.0 Å². The van der Waals surface area contributed by atoms with Gasteiger partial charge in [0, 0.05) is 21.4 Å². The minimum atomic E-state index is -0.0289. The van der Waals surface area contributed by atoms with Gasteiger partial charge in [0.05, 0.1) is 31.3 Å². The van der Waals surface area contributed by atoms with E-state index in [1.807, 2.05) is 41.0 Å². The quantitative estimate of drug-likeness (QED) is 0.345. The number of imidazole rings is 1. The van der Waals surface area contributed by atoms with Crippen LogP contribution in [0.4, 0.5) is 5.95 Å². The van der Waals surface area contributed by atoms with Crippen molar-refractivity contribution in [3.63, 3.8) is 0 Å². The molecule has 1 atom stereocenters. The molecule has 0 aliphatic carbocycles. The Hall–Kier alpha value is -3.01. The number of halogens is 1. The van der Waals surface area contributed by atoms with Crippen molar-refractivity contribution < 1.29 is 14.2 Å². The van der Waals surface area contributed by atoms with E-state index >= 15 is 0 Å². The zero-order valence-corrected chi connectivity index (χ0v) is 19.7. The van der Waals surface area contributed by atoms with Gasteiger partial charge in [0.25, 0.3) is 0 Å². The Bertz CT molecular complexity index is 1210. The maximum atomic E-state index is 6.25. The molecular weight excluding hydrogens is 507 g/mol. The summed E-state index contributed by atoms with van der Waals surface area (Å²) in [6.07, 6.45) is 1.73. The second-order valence-electron chi connectivity index (χ2n) is 7.06. The van der Waals surface area contributed by atoms with E-state index in [9.17, 15) is 0 Å². The number of nitrogen functional groups attached to an aromatic ring is 1.